The highest BCUT2D eigenvalue weighted by molar-refractivity contribution is 4.93. The Hall–Kier alpha value is -0.0400. The molecule has 0 radical (unpaired) electrons. The predicted octanol–water partition coefficient (Wildman–Crippen LogP) is 4.75. The molecule has 0 aliphatic heterocycles. The van der Waals surface area contributed by atoms with E-state index in [0.29, 0.717) is 5.41 Å². The molecule has 0 aromatic rings. The quantitative estimate of drug-likeness (QED) is 0.736. The molecule has 102 valence electrons. The normalized spacial score (nSPS) is 32.5. The molecule has 1 atom stereocenters. The monoisotopic (exact) mass is 239 g/mol. The SMILES string of the molecule is CCC(C)CC1(N)CCC(C(C)(C)CC)CC1. The van der Waals surface area contributed by atoms with Crippen molar-refractivity contribution < 1.29 is 0 Å². The van der Waals surface area contributed by atoms with Gasteiger partial charge in [-0.25, -0.2) is 0 Å². The van der Waals surface area contributed by atoms with Crippen molar-refractivity contribution in [2.24, 2.45) is 23.0 Å². The fourth-order valence-electron chi connectivity index (χ4n) is 3.31. The highest BCUT2D eigenvalue weighted by Gasteiger charge is 2.37. The minimum absolute atomic E-state index is 0.149. The van der Waals surface area contributed by atoms with Crippen molar-refractivity contribution in [1.82, 2.24) is 0 Å². The number of hydrogen-bond acceptors (Lipinski definition) is 1. The Morgan fingerprint density at radius 2 is 1.76 bits per heavy atom. The third kappa shape index (κ3) is 3.98. The van der Waals surface area contributed by atoms with Crippen LogP contribution in [0.5, 0.6) is 0 Å². The van der Waals surface area contributed by atoms with E-state index in [9.17, 15) is 0 Å². The average Bonchev–Trinajstić information content (AvgIpc) is 2.29. The largest absolute Gasteiger partial charge is 0.325 e. The lowest BCUT2D eigenvalue weighted by molar-refractivity contribution is 0.105. The van der Waals surface area contributed by atoms with Crippen LogP contribution in [0.15, 0.2) is 0 Å². The molecule has 17 heavy (non-hydrogen) atoms. The summed E-state index contributed by atoms with van der Waals surface area (Å²) in [6.45, 7) is 11.8. The summed E-state index contributed by atoms with van der Waals surface area (Å²) in [4.78, 5) is 0. The summed E-state index contributed by atoms with van der Waals surface area (Å²) in [6, 6.07) is 0. The molecule has 1 rings (SSSR count). The van der Waals surface area contributed by atoms with Crippen molar-refractivity contribution in [2.75, 3.05) is 0 Å². The molecule has 0 heterocycles. The zero-order chi connectivity index (χ0) is 13.1. The number of rotatable bonds is 5. The molecule has 0 aromatic carbocycles. The first kappa shape index (κ1) is 15.0. The van der Waals surface area contributed by atoms with Crippen LogP contribution in [-0.4, -0.2) is 5.54 Å². The Bertz CT molecular complexity index is 224. The Balaban J connectivity index is 2.49. The van der Waals surface area contributed by atoms with Gasteiger partial charge >= 0.3 is 0 Å². The van der Waals surface area contributed by atoms with Crippen LogP contribution < -0.4 is 5.73 Å². The molecule has 1 fully saturated rings. The maximum Gasteiger partial charge on any atom is 0.0157 e. The van der Waals surface area contributed by atoms with Gasteiger partial charge in [-0.3, -0.25) is 0 Å². The third-order valence-electron chi connectivity index (χ3n) is 5.45. The van der Waals surface area contributed by atoms with Gasteiger partial charge in [0.25, 0.3) is 0 Å². The summed E-state index contributed by atoms with van der Waals surface area (Å²) < 4.78 is 0. The molecular formula is C16H33N. The first-order valence-electron chi connectivity index (χ1n) is 7.62. The van der Waals surface area contributed by atoms with Crippen LogP contribution in [0.25, 0.3) is 0 Å². The van der Waals surface area contributed by atoms with Crippen molar-refractivity contribution in [1.29, 1.82) is 0 Å². The summed E-state index contributed by atoms with van der Waals surface area (Å²) in [6.07, 6.45) is 8.95. The van der Waals surface area contributed by atoms with Gasteiger partial charge < -0.3 is 5.73 Å². The van der Waals surface area contributed by atoms with Crippen molar-refractivity contribution in [3.63, 3.8) is 0 Å². The molecule has 1 heteroatoms. The van der Waals surface area contributed by atoms with E-state index in [1.165, 1.54) is 44.9 Å². The van der Waals surface area contributed by atoms with E-state index in [4.69, 9.17) is 5.73 Å². The van der Waals surface area contributed by atoms with Gasteiger partial charge in [-0.15, -0.1) is 0 Å². The zero-order valence-corrected chi connectivity index (χ0v) is 12.7. The van der Waals surface area contributed by atoms with Crippen molar-refractivity contribution in [3.05, 3.63) is 0 Å². The third-order valence-corrected chi connectivity index (χ3v) is 5.45. The summed E-state index contributed by atoms with van der Waals surface area (Å²) in [5.74, 6) is 1.68. The van der Waals surface area contributed by atoms with E-state index in [-0.39, 0.29) is 5.54 Å². The predicted molar refractivity (Wildman–Crippen MR) is 77.0 cm³/mol. The van der Waals surface area contributed by atoms with Crippen LogP contribution in [0.3, 0.4) is 0 Å². The van der Waals surface area contributed by atoms with E-state index in [0.717, 1.165) is 11.8 Å². The Kier molecular flexibility index (Phi) is 5.07. The second kappa shape index (κ2) is 5.73. The molecule has 1 unspecified atom stereocenters. The van der Waals surface area contributed by atoms with E-state index < -0.39 is 0 Å². The van der Waals surface area contributed by atoms with Gasteiger partial charge in [0, 0.05) is 5.54 Å². The van der Waals surface area contributed by atoms with E-state index >= 15 is 0 Å². The second-order valence-corrected chi connectivity index (χ2v) is 7.20. The standard InChI is InChI=1S/C16H33N/c1-6-13(3)12-16(17)10-8-14(9-11-16)15(4,5)7-2/h13-14H,6-12,17H2,1-5H3. The van der Waals surface area contributed by atoms with Gasteiger partial charge in [0.05, 0.1) is 0 Å². The maximum absolute atomic E-state index is 6.58. The summed E-state index contributed by atoms with van der Waals surface area (Å²) in [7, 11) is 0. The van der Waals surface area contributed by atoms with Gasteiger partial charge in [-0.05, 0) is 49.4 Å². The molecule has 1 aliphatic carbocycles. The Morgan fingerprint density at radius 1 is 1.24 bits per heavy atom. The molecule has 0 spiro atoms. The smallest absolute Gasteiger partial charge is 0.0157 e. The molecule has 0 aromatic heterocycles. The lowest BCUT2D eigenvalue weighted by Crippen LogP contribution is -2.46. The van der Waals surface area contributed by atoms with Crippen LogP contribution in [0.2, 0.25) is 0 Å². The van der Waals surface area contributed by atoms with Crippen LogP contribution in [0.1, 0.15) is 79.6 Å². The Labute approximate surface area is 109 Å². The van der Waals surface area contributed by atoms with Crippen LogP contribution in [-0.2, 0) is 0 Å². The lowest BCUT2D eigenvalue weighted by atomic mass is 9.64. The van der Waals surface area contributed by atoms with Gasteiger partial charge in [0.2, 0.25) is 0 Å². The van der Waals surface area contributed by atoms with Crippen molar-refractivity contribution in [2.45, 2.75) is 85.1 Å². The fraction of sp³-hybridized carbons (Fsp3) is 1.00. The maximum atomic E-state index is 6.58. The van der Waals surface area contributed by atoms with Gasteiger partial charge in [-0.2, -0.15) is 0 Å². The topological polar surface area (TPSA) is 26.0 Å². The highest BCUT2D eigenvalue weighted by atomic mass is 14.7. The minimum atomic E-state index is 0.149. The van der Waals surface area contributed by atoms with Crippen molar-refractivity contribution >= 4 is 0 Å². The zero-order valence-electron chi connectivity index (χ0n) is 12.7. The van der Waals surface area contributed by atoms with Gasteiger partial charge in [0.1, 0.15) is 0 Å². The molecule has 1 nitrogen and oxygen atoms in total. The number of nitrogens with two attached hydrogens (primary N) is 1. The van der Waals surface area contributed by atoms with Crippen LogP contribution in [0.4, 0.5) is 0 Å². The van der Waals surface area contributed by atoms with Gasteiger partial charge in [-0.1, -0.05) is 47.5 Å². The fourth-order valence-corrected chi connectivity index (χ4v) is 3.31. The molecule has 1 aliphatic rings. The van der Waals surface area contributed by atoms with Gasteiger partial charge in [0.15, 0.2) is 0 Å². The summed E-state index contributed by atoms with van der Waals surface area (Å²) in [5.41, 5.74) is 7.24. The van der Waals surface area contributed by atoms with Crippen LogP contribution in [0, 0.1) is 17.3 Å². The van der Waals surface area contributed by atoms with E-state index in [1.54, 1.807) is 0 Å². The molecule has 0 saturated heterocycles. The molecule has 0 amide bonds. The Morgan fingerprint density at radius 3 is 2.18 bits per heavy atom. The molecule has 1 saturated carbocycles. The number of hydrogen-bond donors (Lipinski definition) is 1. The summed E-state index contributed by atoms with van der Waals surface area (Å²) in [5, 5.41) is 0. The van der Waals surface area contributed by atoms with E-state index in [1.807, 2.05) is 0 Å². The van der Waals surface area contributed by atoms with E-state index in [2.05, 4.69) is 34.6 Å². The minimum Gasteiger partial charge on any atom is -0.325 e. The van der Waals surface area contributed by atoms with Crippen molar-refractivity contribution in [3.8, 4) is 0 Å². The van der Waals surface area contributed by atoms with Crippen LogP contribution >= 0.6 is 0 Å². The molecule has 0 bridgehead atoms. The second-order valence-electron chi connectivity index (χ2n) is 7.20. The molecular weight excluding hydrogens is 206 g/mol. The lowest BCUT2D eigenvalue weighted by Gasteiger charge is -2.44. The first-order chi connectivity index (χ1) is 7.83. The molecule has 2 N–H and O–H groups in total. The highest BCUT2D eigenvalue weighted by Crippen LogP contribution is 2.44. The summed E-state index contributed by atoms with van der Waals surface area (Å²) >= 11 is 0. The average molecular weight is 239 g/mol. The first-order valence-corrected chi connectivity index (χ1v) is 7.62.